The van der Waals surface area contributed by atoms with E-state index in [9.17, 15) is 0 Å². The summed E-state index contributed by atoms with van der Waals surface area (Å²) in [5.41, 5.74) is 4.91. The van der Waals surface area contributed by atoms with Gasteiger partial charge in [-0.3, -0.25) is 0 Å². The highest BCUT2D eigenvalue weighted by Gasteiger charge is 2.13. The molecule has 0 aliphatic rings. The van der Waals surface area contributed by atoms with Gasteiger partial charge < -0.3 is 0 Å². The van der Waals surface area contributed by atoms with Crippen LogP contribution in [0.25, 0.3) is 0 Å². The molecule has 0 N–H and O–H groups in total. The Morgan fingerprint density at radius 3 is 2.47 bits per heavy atom. The normalized spacial score (nSPS) is 12.5. The van der Waals surface area contributed by atoms with Crippen molar-refractivity contribution in [3.05, 3.63) is 67.6 Å². The molecular weight excluding hydrogens is 387 g/mol. The number of alkyl halides is 1. The SMILES string of the molecule is Cc1cc(C(Cl)Cc2cccc(Br)c2)c(C)cc1Br. The van der Waals surface area contributed by atoms with Crippen LogP contribution in [0.5, 0.6) is 0 Å². The molecule has 0 aromatic heterocycles. The first-order valence-corrected chi connectivity index (χ1v) is 8.15. The van der Waals surface area contributed by atoms with Gasteiger partial charge in [-0.05, 0) is 60.7 Å². The van der Waals surface area contributed by atoms with Crippen LogP contribution >= 0.6 is 43.5 Å². The van der Waals surface area contributed by atoms with Crippen molar-refractivity contribution >= 4 is 43.5 Å². The van der Waals surface area contributed by atoms with E-state index in [1.165, 1.54) is 22.3 Å². The predicted molar refractivity (Wildman–Crippen MR) is 90.1 cm³/mol. The lowest BCUT2D eigenvalue weighted by Gasteiger charge is -2.15. The van der Waals surface area contributed by atoms with E-state index in [-0.39, 0.29) is 5.38 Å². The summed E-state index contributed by atoms with van der Waals surface area (Å²) in [6.07, 6.45) is 0.836. The molecular formula is C16H15Br2Cl. The number of rotatable bonds is 3. The molecule has 0 saturated heterocycles. The lowest BCUT2D eigenvalue weighted by Crippen LogP contribution is -1.99. The van der Waals surface area contributed by atoms with Gasteiger partial charge in [0.25, 0.3) is 0 Å². The number of aryl methyl sites for hydroxylation is 2. The Kier molecular flexibility index (Phi) is 5.10. The highest BCUT2D eigenvalue weighted by atomic mass is 79.9. The first-order chi connectivity index (χ1) is 8.97. The summed E-state index contributed by atoms with van der Waals surface area (Å²) in [6, 6.07) is 12.6. The van der Waals surface area contributed by atoms with Gasteiger partial charge in [0.2, 0.25) is 0 Å². The van der Waals surface area contributed by atoms with Gasteiger partial charge in [-0.25, -0.2) is 0 Å². The van der Waals surface area contributed by atoms with Gasteiger partial charge in [-0.1, -0.05) is 50.1 Å². The Morgan fingerprint density at radius 2 is 1.79 bits per heavy atom. The number of hydrogen-bond acceptors (Lipinski definition) is 0. The van der Waals surface area contributed by atoms with E-state index < -0.39 is 0 Å². The number of benzene rings is 2. The summed E-state index contributed by atoms with van der Waals surface area (Å²) in [5, 5.41) is 0.00102. The van der Waals surface area contributed by atoms with Crippen LogP contribution in [0, 0.1) is 13.8 Å². The van der Waals surface area contributed by atoms with E-state index in [1.807, 2.05) is 12.1 Å². The number of hydrogen-bond donors (Lipinski definition) is 0. The summed E-state index contributed by atoms with van der Waals surface area (Å²) in [5.74, 6) is 0. The third-order valence-electron chi connectivity index (χ3n) is 3.19. The Balaban J connectivity index is 2.25. The van der Waals surface area contributed by atoms with Crippen LogP contribution in [0.4, 0.5) is 0 Å². The van der Waals surface area contributed by atoms with Crippen LogP contribution in [0.1, 0.15) is 27.6 Å². The van der Waals surface area contributed by atoms with Crippen LogP contribution < -0.4 is 0 Å². The first-order valence-electron chi connectivity index (χ1n) is 6.12. The van der Waals surface area contributed by atoms with Crippen molar-refractivity contribution in [3.8, 4) is 0 Å². The fourth-order valence-electron chi connectivity index (χ4n) is 2.12. The third kappa shape index (κ3) is 3.84. The summed E-state index contributed by atoms with van der Waals surface area (Å²) in [7, 11) is 0. The average molecular weight is 403 g/mol. The standard InChI is InChI=1S/C16H15Br2Cl/c1-10-7-15(18)11(2)6-14(10)16(19)9-12-4-3-5-13(17)8-12/h3-8,16H,9H2,1-2H3. The Morgan fingerprint density at radius 1 is 1.05 bits per heavy atom. The second-order valence-electron chi connectivity index (χ2n) is 4.76. The highest BCUT2D eigenvalue weighted by Crippen LogP contribution is 2.31. The Bertz CT molecular complexity index is 593. The van der Waals surface area contributed by atoms with Crippen molar-refractivity contribution in [2.75, 3.05) is 0 Å². The van der Waals surface area contributed by atoms with Crippen molar-refractivity contribution in [1.82, 2.24) is 0 Å². The fourth-order valence-corrected chi connectivity index (χ4v) is 3.44. The molecule has 0 radical (unpaired) electrons. The molecule has 19 heavy (non-hydrogen) atoms. The Hall–Kier alpha value is -0.310. The van der Waals surface area contributed by atoms with E-state index in [1.54, 1.807) is 0 Å². The molecule has 2 aromatic rings. The van der Waals surface area contributed by atoms with Crippen molar-refractivity contribution < 1.29 is 0 Å². The maximum Gasteiger partial charge on any atom is 0.0628 e. The second kappa shape index (κ2) is 6.43. The molecule has 0 fully saturated rings. The van der Waals surface area contributed by atoms with Crippen molar-refractivity contribution in [2.24, 2.45) is 0 Å². The Labute approximate surface area is 136 Å². The molecule has 2 rings (SSSR count). The van der Waals surface area contributed by atoms with Crippen molar-refractivity contribution in [1.29, 1.82) is 0 Å². The molecule has 0 bridgehead atoms. The van der Waals surface area contributed by atoms with Crippen LogP contribution in [0.3, 0.4) is 0 Å². The zero-order valence-corrected chi connectivity index (χ0v) is 14.8. The minimum atomic E-state index is 0.00102. The zero-order valence-electron chi connectivity index (χ0n) is 10.9. The summed E-state index contributed by atoms with van der Waals surface area (Å²) in [6.45, 7) is 4.20. The van der Waals surface area contributed by atoms with Crippen LogP contribution in [0.15, 0.2) is 45.3 Å². The average Bonchev–Trinajstić information content (AvgIpc) is 2.33. The summed E-state index contributed by atoms with van der Waals surface area (Å²) in [4.78, 5) is 0. The third-order valence-corrected chi connectivity index (χ3v) is 4.93. The molecule has 1 atom stereocenters. The van der Waals surface area contributed by atoms with Crippen LogP contribution in [-0.2, 0) is 6.42 Å². The van der Waals surface area contributed by atoms with E-state index in [2.05, 4.69) is 70.0 Å². The molecule has 0 saturated carbocycles. The summed E-state index contributed by atoms with van der Waals surface area (Å²) < 4.78 is 2.23. The molecule has 1 unspecified atom stereocenters. The van der Waals surface area contributed by atoms with Crippen LogP contribution in [0.2, 0.25) is 0 Å². The van der Waals surface area contributed by atoms with E-state index in [0.717, 1.165) is 15.4 Å². The lowest BCUT2D eigenvalue weighted by molar-refractivity contribution is 0.906. The predicted octanol–water partition coefficient (Wildman–Crippen LogP) is 6.35. The molecule has 0 aliphatic carbocycles. The maximum atomic E-state index is 6.59. The molecule has 3 heteroatoms. The van der Waals surface area contributed by atoms with Gasteiger partial charge in [-0.2, -0.15) is 0 Å². The molecule has 0 aliphatic heterocycles. The topological polar surface area (TPSA) is 0 Å². The van der Waals surface area contributed by atoms with Gasteiger partial charge >= 0.3 is 0 Å². The van der Waals surface area contributed by atoms with Crippen molar-refractivity contribution in [2.45, 2.75) is 25.6 Å². The smallest absolute Gasteiger partial charge is 0.0628 e. The van der Waals surface area contributed by atoms with Gasteiger partial charge in [-0.15, -0.1) is 11.6 Å². The van der Waals surface area contributed by atoms with Gasteiger partial charge in [0.05, 0.1) is 5.38 Å². The summed E-state index contributed by atoms with van der Waals surface area (Å²) >= 11 is 13.6. The van der Waals surface area contributed by atoms with E-state index in [0.29, 0.717) is 0 Å². The van der Waals surface area contributed by atoms with Gasteiger partial charge in [0.15, 0.2) is 0 Å². The largest absolute Gasteiger partial charge is 0.117 e. The molecule has 0 spiro atoms. The van der Waals surface area contributed by atoms with E-state index >= 15 is 0 Å². The number of halogens is 3. The van der Waals surface area contributed by atoms with Gasteiger partial charge in [0, 0.05) is 8.95 Å². The molecule has 100 valence electrons. The molecule has 0 nitrogen and oxygen atoms in total. The second-order valence-corrected chi connectivity index (χ2v) is 7.06. The van der Waals surface area contributed by atoms with E-state index in [4.69, 9.17) is 11.6 Å². The van der Waals surface area contributed by atoms with Gasteiger partial charge in [0.1, 0.15) is 0 Å². The maximum absolute atomic E-state index is 6.59. The molecule has 0 heterocycles. The first kappa shape index (κ1) is 15.1. The van der Waals surface area contributed by atoms with Crippen molar-refractivity contribution in [3.63, 3.8) is 0 Å². The van der Waals surface area contributed by atoms with Crippen LogP contribution in [-0.4, -0.2) is 0 Å². The molecule has 2 aromatic carbocycles. The molecule has 0 amide bonds. The lowest BCUT2D eigenvalue weighted by atomic mass is 9.98. The zero-order chi connectivity index (χ0) is 14.0. The highest BCUT2D eigenvalue weighted by molar-refractivity contribution is 9.10. The fraction of sp³-hybridized carbons (Fsp3) is 0.250. The minimum absolute atomic E-state index is 0.00102. The monoisotopic (exact) mass is 400 g/mol. The quantitative estimate of drug-likeness (QED) is 0.525. The minimum Gasteiger partial charge on any atom is -0.117 e.